The maximum atomic E-state index is 7.00. The average Bonchev–Trinajstić information content (AvgIpc) is 1.00. The van der Waals surface area contributed by atoms with Crippen LogP contribution in [0.5, 0.6) is 0 Å². The molecule has 0 amide bonds. The van der Waals surface area contributed by atoms with Crippen molar-refractivity contribution in [2.24, 2.45) is 0 Å². The van der Waals surface area contributed by atoms with Gasteiger partial charge in [0.05, 0.1) is 0 Å². The molecule has 0 aromatic carbocycles. The quantitative estimate of drug-likeness (QED) is 0.219. The second-order valence-electron chi connectivity index (χ2n) is 0. The van der Waals surface area contributed by atoms with Crippen LogP contribution >= 0.6 is 0 Å². The van der Waals surface area contributed by atoms with Gasteiger partial charge < -0.3 is 10.5 Å². The van der Waals surface area contributed by atoms with E-state index in [1.165, 1.54) is 0 Å². The fourth-order valence-corrected chi connectivity index (χ4v) is 0. The molecule has 0 N–H and O–H groups in total. The van der Waals surface area contributed by atoms with E-state index < -0.39 is 0 Å². The number of hydrogen-bond acceptors (Lipinski definition) is 2. The Kier molecular flexibility index (Phi) is 153. The Hall–Kier alpha value is 1.13. The Labute approximate surface area is 48.8 Å². The van der Waals surface area contributed by atoms with Gasteiger partial charge in [-0.3, -0.25) is 0 Å². The van der Waals surface area contributed by atoms with Gasteiger partial charge in [-0.2, -0.15) is 0 Å². The van der Waals surface area contributed by atoms with E-state index in [0.29, 0.717) is 0 Å². The summed E-state index contributed by atoms with van der Waals surface area (Å²) in [5, 5.41) is 14.0. The Morgan fingerprint density at radius 1 is 1.00 bits per heavy atom. The van der Waals surface area contributed by atoms with Crippen LogP contribution in [0.15, 0.2) is 0 Å². The molecule has 4 heavy (non-hydrogen) atoms. The molecule has 0 aliphatic heterocycles. The Balaban J connectivity index is -0.00000000500. The van der Waals surface area contributed by atoms with Gasteiger partial charge in [-0.1, -0.05) is 0 Å². The summed E-state index contributed by atoms with van der Waals surface area (Å²) in [5.41, 5.74) is 0. The van der Waals surface area contributed by atoms with E-state index in [1.54, 1.807) is 0 Å². The van der Waals surface area contributed by atoms with Gasteiger partial charge in [0.25, 0.3) is 0 Å². The van der Waals surface area contributed by atoms with Crippen molar-refractivity contribution in [3.05, 3.63) is 0 Å². The third kappa shape index (κ3) is 11.1. The molecule has 4 heteroatoms. The van der Waals surface area contributed by atoms with Crippen LogP contribution in [0.3, 0.4) is 0 Å². The molecular formula is O2VZn+5. The maximum absolute atomic E-state index is 7.00. The molecule has 0 saturated heterocycles. The summed E-state index contributed by atoms with van der Waals surface area (Å²) in [5.74, 6) is 0. The van der Waals surface area contributed by atoms with Gasteiger partial charge in [-0.05, 0) is 0 Å². The molecule has 0 rings (SSSR count). The van der Waals surface area contributed by atoms with Crippen molar-refractivity contribution in [2.75, 3.05) is 0 Å². The molecule has 14 valence electrons. The third-order valence-electron chi connectivity index (χ3n) is 0. The van der Waals surface area contributed by atoms with Crippen molar-refractivity contribution in [3.63, 3.8) is 0 Å². The first-order valence-corrected chi connectivity index (χ1v) is 0.167. The van der Waals surface area contributed by atoms with Gasteiger partial charge in [0.15, 0.2) is 0 Å². The molecule has 0 radical (unpaired) electrons. The van der Waals surface area contributed by atoms with Crippen molar-refractivity contribution < 1.29 is 48.5 Å². The summed E-state index contributed by atoms with van der Waals surface area (Å²) >= 11 is 0. The summed E-state index contributed by atoms with van der Waals surface area (Å²) < 4.78 is 0. The minimum Gasteiger partial charge on any atom is -1.00 e. The molecule has 0 saturated carbocycles. The minimum absolute atomic E-state index is 0. The van der Waals surface area contributed by atoms with Crippen LogP contribution in [-0.4, -0.2) is 0 Å². The zero-order chi connectivity index (χ0) is 2.00. The Bertz CT molecular complexity index is 6.00. The predicted octanol–water partition coefficient (Wildman–Crippen LogP) is -2.38. The largest absolute Gasteiger partial charge is 5.00 e. The first-order valence-electron chi connectivity index (χ1n) is 0.167. The van der Waals surface area contributed by atoms with Crippen molar-refractivity contribution in [2.45, 2.75) is 0 Å². The molecule has 0 aliphatic rings. The van der Waals surface area contributed by atoms with Crippen LogP contribution in [0.25, 0.3) is 0 Å². The standard InChI is InChI=1S/O2.V.Zn/c1-2;;/q-2;+5;+2. The normalized spacial score (nSPS) is 1.50. The van der Waals surface area contributed by atoms with Crippen molar-refractivity contribution in [3.8, 4) is 0 Å². The molecule has 0 aromatic heterocycles. The first-order chi connectivity index (χ1) is 1.00. The van der Waals surface area contributed by atoms with E-state index in [9.17, 15) is 0 Å². The molecule has 0 aromatic rings. The molecule has 2 nitrogen and oxygen atoms in total. The van der Waals surface area contributed by atoms with E-state index in [0.717, 1.165) is 0 Å². The monoisotopic (exact) mass is 147 g/mol. The van der Waals surface area contributed by atoms with Crippen LogP contribution in [0.1, 0.15) is 0 Å². The van der Waals surface area contributed by atoms with Gasteiger partial charge in [-0.15, -0.1) is 0 Å². The van der Waals surface area contributed by atoms with Crippen LogP contribution in [0.2, 0.25) is 0 Å². The van der Waals surface area contributed by atoms with Gasteiger partial charge >= 0.3 is 38.0 Å². The number of hydrogen-bond donors (Lipinski definition) is 0. The van der Waals surface area contributed by atoms with Crippen molar-refractivity contribution in [1.82, 2.24) is 0 Å². The third-order valence-corrected chi connectivity index (χ3v) is 0. The fourth-order valence-electron chi connectivity index (χ4n) is 0. The van der Waals surface area contributed by atoms with Crippen molar-refractivity contribution in [1.29, 1.82) is 0 Å². The van der Waals surface area contributed by atoms with Crippen LogP contribution < -0.4 is 10.5 Å². The predicted molar refractivity (Wildman–Crippen MR) is 0 cm³/mol. The van der Waals surface area contributed by atoms with Crippen LogP contribution in [-0.2, 0) is 38.0 Å². The van der Waals surface area contributed by atoms with Crippen LogP contribution in [0.4, 0.5) is 0 Å². The molecule has 0 spiro atoms. The molecule has 0 aliphatic carbocycles. The van der Waals surface area contributed by atoms with Gasteiger partial charge in [-0.25, -0.2) is 0 Å². The van der Waals surface area contributed by atoms with Gasteiger partial charge in [0, 0.05) is 0 Å². The van der Waals surface area contributed by atoms with Crippen molar-refractivity contribution >= 4 is 0 Å². The second-order valence-corrected chi connectivity index (χ2v) is 0. The summed E-state index contributed by atoms with van der Waals surface area (Å²) in [6.45, 7) is 0. The average molecular weight is 148 g/mol. The second kappa shape index (κ2) is 31.7. The molecular weight excluding hydrogens is 148 g/mol. The topological polar surface area (TPSA) is 46.1 Å². The zero-order valence-corrected chi connectivity index (χ0v) is 6.33. The summed E-state index contributed by atoms with van der Waals surface area (Å²) in [6.07, 6.45) is 0. The Morgan fingerprint density at radius 3 is 1.00 bits per heavy atom. The van der Waals surface area contributed by atoms with Gasteiger partial charge in [0.2, 0.25) is 0 Å². The van der Waals surface area contributed by atoms with E-state index >= 15 is 0 Å². The van der Waals surface area contributed by atoms with Gasteiger partial charge in [0.1, 0.15) is 0 Å². The maximum Gasteiger partial charge on any atom is 5.00 e. The fraction of sp³-hybridized carbons (Fsp3) is 0. The molecule has 0 fully saturated rings. The zero-order valence-electron chi connectivity index (χ0n) is 1.97. The smallest absolute Gasteiger partial charge is 1.00 e. The first kappa shape index (κ1) is 19.3. The molecule has 0 bridgehead atoms. The SMILES string of the molecule is [O-][O-].[V+5].[Zn+2]. The Morgan fingerprint density at radius 2 is 1.00 bits per heavy atom. The van der Waals surface area contributed by atoms with E-state index in [-0.39, 0.29) is 38.0 Å². The number of rotatable bonds is 0. The summed E-state index contributed by atoms with van der Waals surface area (Å²) in [7, 11) is 0. The van der Waals surface area contributed by atoms with E-state index in [2.05, 4.69) is 0 Å². The van der Waals surface area contributed by atoms with Crippen LogP contribution in [0, 0.1) is 0 Å². The van der Waals surface area contributed by atoms with E-state index in [1.807, 2.05) is 0 Å². The summed E-state index contributed by atoms with van der Waals surface area (Å²) in [6, 6.07) is 0. The molecule has 0 atom stereocenters. The molecule has 0 heterocycles. The summed E-state index contributed by atoms with van der Waals surface area (Å²) in [4.78, 5) is 0. The minimum atomic E-state index is 0. The van der Waals surface area contributed by atoms with E-state index in [4.69, 9.17) is 10.5 Å². The molecule has 0 unspecified atom stereocenters.